The predicted molar refractivity (Wildman–Crippen MR) is 62.4 cm³/mol. The average molecular weight is 216 g/mol. The summed E-state index contributed by atoms with van der Waals surface area (Å²) in [4.78, 5) is 10.9. The lowest BCUT2D eigenvalue weighted by Gasteiger charge is -2.07. The Kier molecular flexibility index (Phi) is 2.77. The number of aldehydes is 1. The number of methoxy groups -OCH3 is 2. The summed E-state index contributed by atoms with van der Waals surface area (Å²) in [6.45, 7) is 0. The van der Waals surface area contributed by atoms with E-state index < -0.39 is 0 Å². The first-order valence-corrected chi connectivity index (χ1v) is 4.89. The smallest absolute Gasteiger partial charge is 0.153 e. The quantitative estimate of drug-likeness (QED) is 0.740. The highest BCUT2D eigenvalue weighted by Gasteiger charge is 2.05. The molecule has 0 aliphatic rings. The van der Waals surface area contributed by atoms with Crippen molar-refractivity contribution in [2.45, 2.75) is 0 Å². The normalized spacial score (nSPS) is 10.1. The van der Waals surface area contributed by atoms with E-state index in [2.05, 4.69) is 0 Å². The topological polar surface area (TPSA) is 35.5 Å². The SMILES string of the molecule is COc1ccc2cc(OC)c(C=O)cc2c1. The zero-order chi connectivity index (χ0) is 11.5. The van der Waals surface area contributed by atoms with Gasteiger partial charge in [-0.3, -0.25) is 4.79 Å². The minimum Gasteiger partial charge on any atom is -0.497 e. The van der Waals surface area contributed by atoms with Gasteiger partial charge < -0.3 is 9.47 Å². The predicted octanol–water partition coefficient (Wildman–Crippen LogP) is 2.67. The van der Waals surface area contributed by atoms with Gasteiger partial charge in [0.2, 0.25) is 0 Å². The Balaban J connectivity index is 2.68. The maximum atomic E-state index is 10.9. The fourth-order valence-corrected chi connectivity index (χ4v) is 1.67. The van der Waals surface area contributed by atoms with E-state index in [9.17, 15) is 4.79 Å². The van der Waals surface area contributed by atoms with Gasteiger partial charge >= 0.3 is 0 Å². The van der Waals surface area contributed by atoms with Gasteiger partial charge in [-0.2, -0.15) is 0 Å². The largest absolute Gasteiger partial charge is 0.497 e. The van der Waals surface area contributed by atoms with Crippen molar-refractivity contribution in [2.24, 2.45) is 0 Å². The fourth-order valence-electron chi connectivity index (χ4n) is 1.67. The first-order valence-electron chi connectivity index (χ1n) is 4.89. The Hall–Kier alpha value is -2.03. The van der Waals surface area contributed by atoms with Crippen LogP contribution in [0.1, 0.15) is 10.4 Å². The van der Waals surface area contributed by atoms with Gasteiger partial charge in [0.25, 0.3) is 0 Å². The second-order valence-corrected chi connectivity index (χ2v) is 3.43. The molecule has 2 aromatic carbocycles. The molecule has 0 saturated carbocycles. The zero-order valence-electron chi connectivity index (χ0n) is 9.19. The van der Waals surface area contributed by atoms with E-state index >= 15 is 0 Å². The van der Waals surface area contributed by atoms with Crippen molar-refractivity contribution in [3.63, 3.8) is 0 Å². The van der Waals surface area contributed by atoms with Crippen molar-refractivity contribution >= 4 is 17.1 Å². The van der Waals surface area contributed by atoms with Crippen molar-refractivity contribution < 1.29 is 14.3 Å². The molecule has 3 nitrogen and oxygen atoms in total. The lowest BCUT2D eigenvalue weighted by Crippen LogP contribution is -1.91. The Labute approximate surface area is 93.6 Å². The van der Waals surface area contributed by atoms with Gasteiger partial charge in [0, 0.05) is 0 Å². The van der Waals surface area contributed by atoms with Gasteiger partial charge in [-0.1, -0.05) is 6.07 Å². The summed E-state index contributed by atoms with van der Waals surface area (Å²) in [7, 11) is 3.17. The van der Waals surface area contributed by atoms with E-state index in [0.717, 1.165) is 22.8 Å². The van der Waals surface area contributed by atoms with Crippen LogP contribution >= 0.6 is 0 Å². The molecule has 0 saturated heterocycles. The summed E-state index contributed by atoms with van der Waals surface area (Å²) >= 11 is 0. The van der Waals surface area contributed by atoms with Gasteiger partial charge in [0.15, 0.2) is 6.29 Å². The van der Waals surface area contributed by atoms with Crippen LogP contribution < -0.4 is 9.47 Å². The molecular formula is C13H12O3. The molecule has 0 N–H and O–H groups in total. The van der Waals surface area contributed by atoms with Crippen molar-refractivity contribution in [3.05, 3.63) is 35.9 Å². The Morgan fingerprint density at radius 3 is 2.44 bits per heavy atom. The highest BCUT2D eigenvalue weighted by molar-refractivity contribution is 5.92. The summed E-state index contributed by atoms with van der Waals surface area (Å²) in [5, 5.41) is 1.98. The lowest BCUT2D eigenvalue weighted by molar-refractivity contribution is 0.112. The molecule has 3 heteroatoms. The van der Waals surface area contributed by atoms with Gasteiger partial charge in [0.05, 0.1) is 19.8 Å². The van der Waals surface area contributed by atoms with E-state index in [-0.39, 0.29) is 0 Å². The summed E-state index contributed by atoms with van der Waals surface area (Å²) in [5.41, 5.74) is 0.545. The molecular weight excluding hydrogens is 204 g/mol. The summed E-state index contributed by atoms with van der Waals surface area (Å²) < 4.78 is 10.3. The van der Waals surface area contributed by atoms with Crippen molar-refractivity contribution in [1.29, 1.82) is 0 Å². The lowest BCUT2D eigenvalue weighted by atomic mass is 10.1. The highest BCUT2D eigenvalue weighted by atomic mass is 16.5. The fraction of sp³-hybridized carbons (Fsp3) is 0.154. The minimum atomic E-state index is 0.545. The number of ether oxygens (including phenoxy) is 2. The molecule has 2 aromatic rings. The molecule has 82 valence electrons. The van der Waals surface area contributed by atoms with E-state index in [1.165, 1.54) is 0 Å². The molecule has 0 aliphatic heterocycles. The number of carbonyl (C=O) groups is 1. The number of hydrogen-bond acceptors (Lipinski definition) is 3. The summed E-state index contributed by atoms with van der Waals surface area (Å²) in [6, 6.07) is 9.34. The molecule has 0 bridgehead atoms. The van der Waals surface area contributed by atoms with Gasteiger partial charge in [-0.15, -0.1) is 0 Å². The van der Waals surface area contributed by atoms with Crippen LogP contribution in [0.3, 0.4) is 0 Å². The first kappa shape index (κ1) is 10.5. The second-order valence-electron chi connectivity index (χ2n) is 3.43. The summed E-state index contributed by atoms with van der Waals surface area (Å²) in [5.74, 6) is 1.36. The van der Waals surface area contributed by atoms with Crippen LogP contribution in [0.2, 0.25) is 0 Å². The number of benzene rings is 2. The van der Waals surface area contributed by atoms with Crippen LogP contribution in [0.15, 0.2) is 30.3 Å². The molecule has 0 aromatic heterocycles. The van der Waals surface area contributed by atoms with E-state index in [0.29, 0.717) is 11.3 Å². The second kappa shape index (κ2) is 4.23. The van der Waals surface area contributed by atoms with Crippen molar-refractivity contribution in [3.8, 4) is 11.5 Å². The standard InChI is InChI=1S/C13H12O3/c1-15-12-4-3-9-7-13(16-2)11(8-14)5-10(9)6-12/h3-8H,1-2H3. The number of rotatable bonds is 3. The monoisotopic (exact) mass is 216 g/mol. The van der Waals surface area contributed by atoms with E-state index in [1.54, 1.807) is 20.3 Å². The third kappa shape index (κ3) is 1.72. The molecule has 0 heterocycles. The Bertz CT molecular complexity index is 532. The van der Waals surface area contributed by atoms with Gasteiger partial charge in [0.1, 0.15) is 11.5 Å². The molecule has 0 spiro atoms. The highest BCUT2D eigenvalue weighted by Crippen LogP contribution is 2.27. The molecule has 0 unspecified atom stereocenters. The van der Waals surface area contributed by atoms with Crippen molar-refractivity contribution in [2.75, 3.05) is 14.2 Å². The molecule has 16 heavy (non-hydrogen) atoms. The number of hydrogen-bond donors (Lipinski definition) is 0. The third-order valence-electron chi connectivity index (χ3n) is 2.52. The van der Waals surface area contributed by atoms with E-state index in [4.69, 9.17) is 9.47 Å². The molecule has 0 amide bonds. The van der Waals surface area contributed by atoms with E-state index in [1.807, 2.05) is 24.3 Å². The average Bonchev–Trinajstić information content (AvgIpc) is 2.36. The molecule has 2 rings (SSSR count). The molecule has 0 aliphatic carbocycles. The molecule has 0 fully saturated rings. The minimum absolute atomic E-state index is 0.545. The van der Waals surface area contributed by atoms with Crippen LogP contribution in [0, 0.1) is 0 Å². The Morgan fingerprint density at radius 2 is 1.81 bits per heavy atom. The number of fused-ring (bicyclic) bond motifs is 1. The first-order chi connectivity index (χ1) is 7.78. The maximum Gasteiger partial charge on any atom is 0.153 e. The molecule has 0 atom stereocenters. The van der Waals surface area contributed by atoms with Crippen molar-refractivity contribution in [1.82, 2.24) is 0 Å². The van der Waals surface area contributed by atoms with Gasteiger partial charge in [-0.25, -0.2) is 0 Å². The summed E-state index contributed by atoms with van der Waals surface area (Å²) in [6.07, 6.45) is 0.789. The number of carbonyl (C=O) groups excluding carboxylic acids is 1. The maximum absolute atomic E-state index is 10.9. The van der Waals surface area contributed by atoms with Crippen LogP contribution in [-0.2, 0) is 0 Å². The van der Waals surface area contributed by atoms with Gasteiger partial charge in [-0.05, 0) is 35.0 Å². The van der Waals surface area contributed by atoms with Crippen LogP contribution in [-0.4, -0.2) is 20.5 Å². The van der Waals surface area contributed by atoms with Crippen LogP contribution in [0.4, 0.5) is 0 Å². The Morgan fingerprint density at radius 1 is 1.00 bits per heavy atom. The molecule has 0 radical (unpaired) electrons. The zero-order valence-corrected chi connectivity index (χ0v) is 9.19. The van der Waals surface area contributed by atoms with Crippen LogP contribution in [0.25, 0.3) is 10.8 Å². The van der Waals surface area contributed by atoms with Crippen LogP contribution in [0.5, 0.6) is 11.5 Å². The third-order valence-corrected chi connectivity index (χ3v) is 2.52.